The Morgan fingerprint density at radius 3 is 2.16 bits per heavy atom. The standard InChI is InChI=1S/C24H25N3O4S/c1-24(2)16-25(12-13-32-24)20(28)14-26(17-8-4-3-5-9-17)21(29)15-27-22(30)18-10-6-7-11-19(18)23(27)31/h3-11H,12-16H2,1-2H3. The Morgan fingerprint density at radius 2 is 1.56 bits per heavy atom. The van der Waals surface area contributed by atoms with Crippen molar-refractivity contribution < 1.29 is 19.2 Å². The van der Waals surface area contributed by atoms with Gasteiger partial charge in [-0.05, 0) is 38.1 Å². The lowest BCUT2D eigenvalue weighted by Crippen LogP contribution is -2.51. The number of thioether (sulfide) groups is 1. The van der Waals surface area contributed by atoms with Crippen molar-refractivity contribution >= 4 is 41.1 Å². The first-order chi connectivity index (χ1) is 15.3. The fraction of sp³-hybridized carbons (Fsp3) is 0.333. The largest absolute Gasteiger partial charge is 0.339 e. The second-order valence-electron chi connectivity index (χ2n) is 8.48. The summed E-state index contributed by atoms with van der Waals surface area (Å²) in [6.45, 7) is 4.86. The molecule has 0 aliphatic carbocycles. The molecule has 2 aromatic rings. The van der Waals surface area contributed by atoms with Crippen LogP contribution in [0.5, 0.6) is 0 Å². The first-order valence-corrected chi connectivity index (χ1v) is 11.5. The van der Waals surface area contributed by atoms with Gasteiger partial charge in [0.05, 0.1) is 11.1 Å². The zero-order valence-electron chi connectivity index (χ0n) is 18.1. The molecule has 0 atom stereocenters. The molecule has 0 bridgehead atoms. The maximum absolute atomic E-state index is 13.3. The van der Waals surface area contributed by atoms with Gasteiger partial charge in [-0.25, -0.2) is 0 Å². The van der Waals surface area contributed by atoms with Crippen molar-refractivity contribution in [1.82, 2.24) is 9.80 Å². The van der Waals surface area contributed by atoms with E-state index in [4.69, 9.17) is 0 Å². The van der Waals surface area contributed by atoms with Crippen molar-refractivity contribution in [1.29, 1.82) is 0 Å². The molecule has 2 aliphatic heterocycles. The highest BCUT2D eigenvalue weighted by Crippen LogP contribution is 2.30. The highest BCUT2D eigenvalue weighted by molar-refractivity contribution is 8.00. The summed E-state index contributed by atoms with van der Waals surface area (Å²) < 4.78 is -0.0460. The van der Waals surface area contributed by atoms with E-state index in [2.05, 4.69) is 13.8 Å². The number of benzene rings is 2. The molecule has 4 rings (SSSR count). The number of hydrogen-bond acceptors (Lipinski definition) is 5. The van der Waals surface area contributed by atoms with Gasteiger partial charge in [-0.1, -0.05) is 30.3 Å². The van der Waals surface area contributed by atoms with E-state index in [-0.39, 0.29) is 17.2 Å². The molecule has 7 nitrogen and oxygen atoms in total. The molecule has 32 heavy (non-hydrogen) atoms. The van der Waals surface area contributed by atoms with Crippen molar-refractivity contribution in [3.05, 3.63) is 65.7 Å². The van der Waals surface area contributed by atoms with Crippen LogP contribution in [0.4, 0.5) is 5.69 Å². The Labute approximate surface area is 191 Å². The fourth-order valence-corrected chi connectivity index (χ4v) is 5.11. The van der Waals surface area contributed by atoms with E-state index in [1.54, 1.807) is 53.4 Å². The number of hydrogen-bond donors (Lipinski definition) is 0. The quantitative estimate of drug-likeness (QED) is 0.653. The molecule has 2 heterocycles. The van der Waals surface area contributed by atoms with Crippen molar-refractivity contribution in [2.45, 2.75) is 18.6 Å². The van der Waals surface area contributed by atoms with Crippen LogP contribution in [0.25, 0.3) is 0 Å². The van der Waals surface area contributed by atoms with Crippen molar-refractivity contribution in [3.63, 3.8) is 0 Å². The predicted octanol–water partition coefficient (Wildman–Crippen LogP) is 2.67. The summed E-state index contributed by atoms with van der Waals surface area (Å²) >= 11 is 1.82. The maximum Gasteiger partial charge on any atom is 0.262 e. The average molecular weight is 452 g/mol. The van der Waals surface area contributed by atoms with Crippen LogP contribution in [0.15, 0.2) is 54.6 Å². The summed E-state index contributed by atoms with van der Waals surface area (Å²) in [4.78, 5) is 55.9. The van der Waals surface area contributed by atoms with Crippen LogP contribution in [0, 0.1) is 0 Å². The highest BCUT2D eigenvalue weighted by atomic mass is 32.2. The van der Waals surface area contributed by atoms with Crippen LogP contribution >= 0.6 is 11.8 Å². The maximum atomic E-state index is 13.3. The van der Waals surface area contributed by atoms with Gasteiger partial charge >= 0.3 is 0 Å². The molecular weight excluding hydrogens is 426 g/mol. The number of carbonyl (C=O) groups is 4. The number of nitrogens with zero attached hydrogens (tertiary/aromatic N) is 3. The van der Waals surface area contributed by atoms with E-state index < -0.39 is 24.3 Å². The number of anilines is 1. The first-order valence-electron chi connectivity index (χ1n) is 10.5. The van der Waals surface area contributed by atoms with Crippen LogP contribution in [0.2, 0.25) is 0 Å². The Balaban J connectivity index is 1.54. The lowest BCUT2D eigenvalue weighted by molar-refractivity contribution is -0.131. The highest BCUT2D eigenvalue weighted by Gasteiger charge is 2.38. The lowest BCUT2D eigenvalue weighted by Gasteiger charge is -2.38. The second-order valence-corrected chi connectivity index (χ2v) is 10.3. The molecule has 0 spiro atoms. The van der Waals surface area contributed by atoms with Crippen LogP contribution < -0.4 is 4.90 Å². The molecule has 2 aliphatic rings. The minimum atomic E-state index is -0.493. The molecule has 8 heteroatoms. The van der Waals surface area contributed by atoms with Gasteiger partial charge in [-0.15, -0.1) is 0 Å². The normalized spacial score (nSPS) is 17.3. The number of imide groups is 1. The van der Waals surface area contributed by atoms with Gasteiger partial charge in [-0.3, -0.25) is 24.1 Å². The average Bonchev–Trinajstić information content (AvgIpc) is 3.02. The van der Waals surface area contributed by atoms with Gasteiger partial charge in [0, 0.05) is 29.3 Å². The minimum absolute atomic E-state index is 0.0460. The third-order valence-electron chi connectivity index (χ3n) is 5.61. The SMILES string of the molecule is CC1(C)CN(C(=O)CN(C(=O)CN2C(=O)c3ccccc3C2=O)c2ccccc2)CCS1. The van der Waals surface area contributed by atoms with Crippen LogP contribution in [-0.2, 0) is 9.59 Å². The minimum Gasteiger partial charge on any atom is -0.339 e. The number of fused-ring (bicyclic) bond motifs is 1. The summed E-state index contributed by atoms with van der Waals surface area (Å²) in [5.74, 6) is -0.781. The zero-order chi connectivity index (χ0) is 22.9. The number of rotatable bonds is 5. The van der Waals surface area contributed by atoms with E-state index in [1.807, 2.05) is 17.8 Å². The molecule has 2 aromatic carbocycles. The van der Waals surface area contributed by atoms with Crippen molar-refractivity contribution in [2.75, 3.05) is 36.8 Å². The van der Waals surface area contributed by atoms with E-state index in [0.717, 1.165) is 10.7 Å². The third kappa shape index (κ3) is 4.41. The Hall–Kier alpha value is -3.13. The summed E-state index contributed by atoms with van der Waals surface area (Å²) in [6.07, 6.45) is 0. The third-order valence-corrected chi connectivity index (χ3v) is 6.91. The molecule has 0 aromatic heterocycles. The summed E-state index contributed by atoms with van der Waals surface area (Å²) in [7, 11) is 0. The van der Waals surface area contributed by atoms with Crippen LogP contribution in [-0.4, -0.2) is 70.1 Å². The number of carbonyl (C=O) groups excluding carboxylic acids is 4. The second kappa shape index (κ2) is 8.78. The predicted molar refractivity (Wildman–Crippen MR) is 124 cm³/mol. The smallest absolute Gasteiger partial charge is 0.262 e. The van der Waals surface area contributed by atoms with Crippen molar-refractivity contribution in [2.24, 2.45) is 0 Å². The summed E-state index contributed by atoms with van der Waals surface area (Å²) in [6, 6.07) is 15.4. The number of para-hydroxylation sites is 1. The van der Waals surface area contributed by atoms with Gasteiger partial charge < -0.3 is 9.80 Å². The van der Waals surface area contributed by atoms with Crippen LogP contribution in [0.3, 0.4) is 0 Å². The molecule has 0 N–H and O–H groups in total. The fourth-order valence-electron chi connectivity index (χ4n) is 4.00. The molecular formula is C24H25N3O4S. The van der Waals surface area contributed by atoms with Crippen molar-refractivity contribution in [3.8, 4) is 0 Å². The molecule has 1 saturated heterocycles. The van der Waals surface area contributed by atoms with E-state index in [1.165, 1.54) is 4.90 Å². The monoisotopic (exact) mass is 451 g/mol. The lowest BCUT2D eigenvalue weighted by atomic mass is 10.1. The van der Waals surface area contributed by atoms with E-state index in [9.17, 15) is 19.2 Å². The molecule has 4 amide bonds. The van der Waals surface area contributed by atoms with E-state index >= 15 is 0 Å². The van der Waals surface area contributed by atoms with Gasteiger partial charge in [0.1, 0.15) is 13.1 Å². The number of amides is 4. The van der Waals surface area contributed by atoms with Crippen LogP contribution in [0.1, 0.15) is 34.6 Å². The molecule has 166 valence electrons. The summed E-state index contributed by atoms with van der Waals surface area (Å²) in [5.41, 5.74) is 1.13. The van der Waals surface area contributed by atoms with E-state index in [0.29, 0.717) is 29.9 Å². The topological polar surface area (TPSA) is 78.0 Å². The Morgan fingerprint density at radius 1 is 0.969 bits per heavy atom. The van der Waals surface area contributed by atoms with Gasteiger partial charge in [0.25, 0.3) is 11.8 Å². The van der Waals surface area contributed by atoms with Gasteiger partial charge in [-0.2, -0.15) is 11.8 Å². The molecule has 0 saturated carbocycles. The molecule has 1 fully saturated rings. The molecule has 0 unspecified atom stereocenters. The Kier molecular flexibility index (Phi) is 6.06. The molecule has 0 radical (unpaired) electrons. The summed E-state index contributed by atoms with van der Waals surface area (Å²) in [5, 5.41) is 0. The first kappa shape index (κ1) is 22.1. The van der Waals surface area contributed by atoms with Gasteiger partial charge in [0.2, 0.25) is 11.8 Å². The zero-order valence-corrected chi connectivity index (χ0v) is 18.9. The van der Waals surface area contributed by atoms with Gasteiger partial charge in [0.15, 0.2) is 0 Å². The Bertz CT molecular complexity index is 1030.